The summed E-state index contributed by atoms with van der Waals surface area (Å²) in [7, 11) is 0. The minimum absolute atomic E-state index is 0.0384. The van der Waals surface area contributed by atoms with Crippen molar-refractivity contribution in [3.63, 3.8) is 0 Å². The highest BCUT2D eigenvalue weighted by Gasteiger charge is 2.32. The monoisotopic (exact) mass is 293 g/mol. The number of anilines is 1. The third kappa shape index (κ3) is 4.11. The molecule has 0 aromatic heterocycles. The normalized spacial score (nSPS) is 20.2. The number of carbonyl (C=O) groups is 1. The molecule has 0 spiro atoms. The predicted molar refractivity (Wildman–Crippen MR) is 80.5 cm³/mol. The van der Waals surface area contributed by atoms with E-state index in [0.717, 1.165) is 12.8 Å². The first-order valence-electron chi connectivity index (χ1n) is 7.28. The molecule has 0 bridgehead atoms. The topological polar surface area (TPSA) is 70.8 Å². The fourth-order valence-electron chi connectivity index (χ4n) is 2.41. The first-order valence-corrected chi connectivity index (χ1v) is 7.28. The molecule has 0 saturated carbocycles. The van der Waals surface area contributed by atoms with Gasteiger partial charge >= 0.3 is 5.97 Å². The molecule has 1 saturated heterocycles. The number of nitrogen functional groups attached to an aromatic ring is 1. The van der Waals surface area contributed by atoms with Gasteiger partial charge in [-0.15, -0.1) is 0 Å². The highest BCUT2D eigenvalue weighted by molar-refractivity contribution is 5.93. The average molecular weight is 293 g/mol. The lowest BCUT2D eigenvalue weighted by atomic mass is 10.1. The van der Waals surface area contributed by atoms with Crippen LogP contribution in [-0.2, 0) is 9.47 Å². The van der Waals surface area contributed by atoms with E-state index in [1.54, 1.807) is 25.1 Å². The standard InChI is InChI=1S/C16H23NO4/c1-4-19-15(18)13-6-5-11(17)9-14(13)20-10-12-7-8-16(2,3)21-12/h5-6,9,12H,4,7-8,10,17H2,1-3H3. The largest absolute Gasteiger partial charge is 0.490 e. The van der Waals surface area contributed by atoms with Crippen molar-refractivity contribution in [3.05, 3.63) is 23.8 Å². The summed E-state index contributed by atoms with van der Waals surface area (Å²) in [5.41, 5.74) is 6.60. The zero-order valence-electron chi connectivity index (χ0n) is 12.8. The summed E-state index contributed by atoms with van der Waals surface area (Å²) in [5.74, 6) is 0.0435. The number of carbonyl (C=O) groups excluding carboxylic acids is 1. The van der Waals surface area contributed by atoms with Crippen LogP contribution in [0.15, 0.2) is 18.2 Å². The lowest BCUT2D eigenvalue weighted by Crippen LogP contribution is -2.24. The Labute approximate surface area is 125 Å². The van der Waals surface area contributed by atoms with Gasteiger partial charge in [-0.25, -0.2) is 4.79 Å². The summed E-state index contributed by atoms with van der Waals surface area (Å²) >= 11 is 0. The molecular weight excluding hydrogens is 270 g/mol. The van der Waals surface area contributed by atoms with E-state index in [-0.39, 0.29) is 11.7 Å². The van der Waals surface area contributed by atoms with Gasteiger partial charge in [0.1, 0.15) is 17.9 Å². The minimum Gasteiger partial charge on any atom is -0.490 e. The summed E-state index contributed by atoms with van der Waals surface area (Å²) in [5, 5.41) is 0. The highest BCUT2D eigenvalue weighted by atomic mass is 16.6. The average Bonchev–Trinajstić information content (AvgIpc) is 2.76. The van der Waals surface area contributed by atoms with E-state index in [0.29, 0.717) is 30.2 Å². The lowest BCUT2D eigenvalue weighted by molar-refractivity contribution is -0.0328. The third-order valence-corrected chi connectivity index (χ3v) is 3.48. The SMILES string of the molecule is CCOC(=O)c1ccc(N)cc1OCC1CCC(C)(C)O1. The van der Waals surface area contributed by atoms with Gasteiger partial charge < -0.3 is 19.9 Å². The number of hydrogen-bond acceptors (Lipinski definition) is 5. The number of ether oxygens (including phenoxy) is 3. The van der Waals surface area contributed by atoms with Gasteiger partial charge in [-0.2, -0.15) is 0 Å². The van der Waals surface area contributed by atoms with Crippen LogP contribution in [0.1, 0.15) is 44.0 Å². The van der Waals surface area contributed by atoms with E-state index in [1.807, 2.05) is 0 Å². The van der Waals surface area contributed by atoms with Crippen LogP contribution in [0, 0.1) is 0 Å². The molecule has 1 aliphatic heterocycles. The van der Waals surface area contributed by atoms with Crippen LogP contribution >= 0.6 is 0 Å². The summed E-state index contributed by atoms with van der Waals surface area (Å²) in [4.78, 5) is 11.9. The summed E-state index contributed by atoms with van der Waals surface area (Å²) in [6, 6.07) is 4.93. The van der Waals surface area contributed by atoms with Crippen molar-refractivity contribution in [3.8, 4) is 5.75 Å². The quantitative estimate of drug-likeness (QED) is 0.667. The second-order valence-corrected chi connectivity index (χ2v) is 5.83. The van der Waals surface area contributed by atoms with Crippen molar-refractivity contribution >= 4 is 11.7 Å². The Balaban J connectivity index is 2.05. The Morgan fingerprint density at radius 3 is 2.86 bits per heavy atom. The van der Waals surface area contributed by atoms with Crippen molar-refractivity contribution in [1.29, 1.82) is 0 Å². The van der Waals surface area contributed by atoms with Crippen LogP contribution in [0.2, 0.25) is 0 Å². The van der Waals surface area contributed by atoms with E-state index in [4.69, 9.17) is 19.9 Å². The molecule has 5 heteroatoms. The molecule has 1 unspecified atom stereocenters. The second kappa shape index (κ2) is 6.35. The first-order chi connectivity index (χ1) is 9.91. The Morgan fingerprint density at radius 1 is 1.48 bits per heavy atom. The van der Waals surface area contributed by atoms with E-state index < -0.39 is 5.97 Å². The van der Waals surface area contributed by atoms with Crippen molar-refractivity contribution in [2.75, 3.05) is 18.9 Å². The van der Waals surface area contributed by atoms with Crippen molar-refractivity contribution in [2.24, 2.45) is 0 Å². The fourth-order valence-corrected chi connectivity index (χ4v) is 2.41. The lowest BCUT2D eigenvalue weighted by Gasteiger charge is -2.20. The van der Waals surface area contributed by atoms with Crippen LogP contribution in [0.3, 0.4) is 0 Å². The molecule has 2 N–H and O–H groups in total. The molecule has 0 amide bonds. The van der Waals surface area contributed by atoms with Crippen LogP contribution in [0.5, 0.6) is 5.75 Å². The van der Waals surface area contributed by atoms with Gasteiger partial charge in [-0.1, -0.05) is 0 Å². The Bertz CT molecular complexity index is 513. The van der Waals surface area contributed by atoms with Gasteiger partial charge in [0.15, 0.2) is 0 Å². The summed E-state index contributed by atoms with van der Waals surface area (Å²) < 4.78 is 16.7. The third-order valence-electron chi connectivity index (χ3n) is 3.48. The van der Waals surface area contributed by atoms with Crippen molar-refractivity contribution in [2.45, 2.75) is 45.3 Å². The zero-order chi connectivity index (χ0) is 15.5. The second-order valence-electron chi connectivity index (χ2n) is 5.83. The maximum Gasteiger partial charge on any atom is 0.341 e. The van der Waals surface area contributed by atoms with Gasteiger partial charge in [-0.3, -0.25) is 0 Å². The predicted octanol–water partition coefficient (Wildman–Crippen LogP) is 2.78. The van der Waals surface area contributed by atoms with Gasteiger partial charge in [0, 0.05) is 11.8 Å². The minimum atomic E-state index is -0.403. The molecule has 1 aromatic carbocycles. The van der Waals surface area contributed by atoms with E-state index in [1.165, 1.54) is 0 Å². The van der Waals surface area contributed by atoms with Crippen LogP contribution < -0.4 is 10.5 Å². The van der Waals surface area contributed by atoms with Gasteiger partial charge in [0.2, 0.25) is 0 Å². The van der Waals surface area contributed by atoms with Crippen LogP contribution in [0.25, 0.3) is 0 Å². The zero-order valence-corrected chi connectivity index (χ0v) is 12.8. The first kappa shape index (κ1) is 15.6. The molecule has 21 heavy (non-hydrogen) atoms. The number of esters is 1. The smallest absolute Gasteiger partial charge is 0.341 e. The van der Waals surface area contributed by atoms with Gasteiger partial charge in [-0.05, 0) is 45.7 Å². The molecule has 0 radical (unpaired) electrons. The highest BCUT2D eigenvalue weighted by Crippen LogP contribution is 2.30. The summed E-state index contributed by atoms with van der Waals surface area (Å²) in [6.07, 6.45) is 1.99. The van der Waals surface area contributed by atoms with Crippen LogP contribution in [0.4, 0.5) is 5.69 Å². The van der Waals surface area contributed by atoms with Crippen LogP contribution in [-0.4, -0.2) is 30.9 Å². The molecule has 1 aromatic rings. The molecule has 0 aliphatic carbocycles. The van der Waals surface area contributed by atoms with E-state index >= 15 is 0 Å². The van der Waals surface area contributed by atoms with E-state index in [2.05, 4.69) is 13.8 Å². The molecular formula is C16H23NO4. The van der Waals surface area contributed by atoms with Gasteiger partial charge in [0.25, 0.3) is 0 Å². The van der Waals surface area contributed by atoms with Crippen molar-refractivity contribution in [1.82, 2.24) is 0 Å². The molecule has 1 heterocycles. The number of rotatable bonds is 5. The number of benzene rings is 1. The molecule has 1 aliphatic rings. The van der Waals surface area contributed by atoms with Gasteiger partial charge in [0.05, 0.1) is 18.3 Å². The molecule has 1 fully saturated rings. The maximum absolute atomic E-state index is 11.9. The van der Waals surface area contributed by atoms with E-state index in [9.17, 15) is 4.79 Å². The number of hydrogen-bond donors (Lipinski definition) is 1. The maximum atomic E-state index is 11.9. The molecule has 1 atom stereocenters. The fraction of sp³-hybridized carbons (Fsp3) is 0.562. The Hall–Kier alpha value is -1.75. The number of nitrogens with two attached hydrogens (primary N) is 1. The Morgan fingerprint density at radius 2 is 2.24 bits per heavy atom. The Kier molecular flexibility index (Phi) is 4.73. The summed E-state index contributed by atoms with van der Waals surface area (Å²) in [6.45, 7) is 6.63. The molecule has 2 rings (SSSR count). The molecule has 116 valence electrons. The molecule has 5 nitrogen and oxygen atoms in total. The van der Waals surface area contributed by atoms with Crippen molar-refractivity contribution < 1.29 is 19.0 Å².